The van der Waals surface area contributed by atoms with E-state index in [1.54, 1.807) is 36.4 Å². The van der Waals surface area contributed by atoms with Crippen molar-refractivity contribution >= 4 is 64.4 Å². The molecule has 33 heavy (non-hydrogen) atoms. The summed E-state index contributed by atoms with van der Waals surface area (Å²) in [6.45, 7) is 0.231. The van der Waals surface area contributed by atoms with Crippen LogP contribution in [-0.4, -0.2) is 17.8 Å². The third-order valence-corrected chi connectivity index (χ3v) is 5.74. The lowest BCUT2D eigenvalue weighted by molar-refractivity contribution is -0.122. The van der Waals surface area contributed by atoms with E-state index in [0.717, 1.165) is 10.5 Å². The van der Waals surface area contributed by atoms with Crippen LogP contribution in [0.15, 0.2) is 72.3 Å². The number of carbonyl (C=O) groups excluding carboxylic acids is 3. The van der Waals surface area contributed by atoms with Crippen LogP contribution in [0.2, 0.25) is 15.1 Å². The smallest absolute Gasteiger partial charge is 0.335 e. The van der Waals surface area contributed by atoms with Gasteiger partial charge < -0.3 is 4.74 Å². The van der Waals surface area contributed by atoms with Crippen molar-refractivity contribution in [3.8, 4) is 5.75 Å². The van der Waals surface area contributed by atoms with Gasteiger partial charge in [0, 0.05) is 10.6 Å². The largest absolute Gasteiger partial charge is 0.488 e. The van der Waals surface area contributed by atoms with E-state index in [2.05, 4.69) is 5.32 Å². The molecule has 1 fully saturated rings. The predicted octanol–water partition coefficient (Wildman–Crippen LogP) is 5.89. The average Bonchev–Trinajstić information content (AvgIpc) is 2.78. The van der Waals surface area contributed by atoms with E-state index >= 15 is 0 Å². The second kappa shape index (κ2) is 9.67. The number of amides is 4. The molecule has 4 amide bonds. The van der Waals surface area contributed by atoms with Gasteiger partial charge in [-0.1, -0.05) is 65.1 Å². The lowest BCUT2D eigenvalue weighted by Crippen LogP contribution is -2.54. The topological polar surface area (TPSA) is 75.7 Å². The number of nitrogens with one attached hydrogen (secondary N) is 1. The van der Waals surface area contributed by atoms with Gasteiger partial charge in [0.25, 0.3) is 11.8 Å². The van der Waals surface area contributed by atoms with E-state index in [-0.39, 0.29) is 27.9 Å². The molecule has 1 saturated heterocycles. The number of hydrogen-bond donors (Lipinski definition) is 1. The highest BCUT2D eigenvalue weighted by Gasteiger charge is 2.37. The Bertz CT molecular complexity index is 1310. The number of carbonyl (C=O) groups is 3. The van der Waals surface area contributed by atoms with Crippen LogP contribution in [0, 0.1) is 0 Å². The van der Waals surface area contributed by atoms with Gasteiger partial charge in [-0.15, -0.1) is 0 Å². The molecule has 0 saturated carbocycles. The molecule has 3 aromatic rings. The molecule has 3 aromatic carbocycles. The predicted molar refractivity (Wildman–Crippen MR) is 128 cm³/mol. The number of hydrogen-bond acceptors (Lipinski definition) is 4. The number of imide groups is 2. The van der Waals surface area contributed by atoms with Crippen LogP contribution in [0.5, 0.6) is 5.75 Å². The number of anilines is 1. The fourth-order valence-corrected chi connectivity index (χ4v) is 3.70. The van der Waals surface area contributed by atoms with Gasteiger partial charge in [0.15, 0.2) is 0 Å². The van der Waals surface area contributed by atoms with E-state index in [9.17, 15) is 14.4 Å². The highest BCUT2D eigenvalue weighted by molar-refractivity contribution is 6.43. The quantitative estimate of drug-likeness (QED) is 0.349. The molecule has 166 valence electrons. The summed E-state index contributed by atoms with van der Waals surface area (Å²) in [6.07, 6.45) is 1.38. The lowest BCUT2D eigenvalue weighted by atomic mass is 10.1. The first kappa shape index (κ1) is 22.9. The molecule has 6 nitrogen and oxygen atoms in total. The molecule has 9 heteroatoms. The molecular formula is C24H15Cl3N2O4. The molecule has 0 spiro atoms. The molecule has 0 radical (unpaired) electrons. The minimum atomic E-state index is -0.883. The Hall–Kier alpha value is -3.32. The van der Waals surface area contributed by atoms with Crippen LogP contribution < -0.4 is 15.0 Å². The van der Waals surface area contributed by atoms with Gasteiger partial charge in [0.1, 0.15) is 17.9 Å². The highest BCUT2D eigenvalue weighted by Crippen LogP contribution is 2.30. The number of para-hydroxylation sites is 1. The van der Waals surface area contributed by atoms with Gasteiger partial charge in [-0.2, -0.15) is 0 Å². The number of ether oxygens (including phenoxy) is 1. The van der Waals surface area contributed by atoms with E-state index in [4.69, 9.17) is 39.5 Å². The summed E-state index contributed by atoms with van der Waals surface area (Å²) in [6, 6.07) is 17.5. The maximum absolute atomic E-state index is 13.1. The van der Waals surface area contributed by atoms with Crippen LogP contribution in [0.4, 0.5) is 10.5 Å². The third-order valence-electron chi connectivity index (χ3n) is 4.77. The van der Waals surface area contributed by atoms with Crippen LogP contribution in [0.1, 0.15) is 11.1 Å². The Morgan fingerprint density at radius 2 is 1.67 bits per heavy atom. The Labute approximate surface area is 204 Å². The summed E-state index contributed by atoms with van der Waals surface area (Å²) in [5.41, 5.74) is 1.28. The van der Waals surface area contributed by atoms with Crippen molar-refractivity contribution in [2.24, 2.45) is 0 Å². The van der Waals surface area contributed by atoms with Gasteiger partial charge in [-0.3, -0.25) is 14.9 Å². The van der Waals surface area contributed by atoms with Crippen molar-refractivity contribution in [1.29, 1.82) is 0 Å². The minimum absolute atomic E-state index is 0.164. The van der Waals surface area contributed by atoms with Crippen LogP contribution >= 0.6 is 34.8 Å². The Balaban J connectivity index is 1.65. The standard InChI is InChI=1S/C24H15Cl3N2O4/c25-16-6-3-4-14(10-16)13-33-21-7-2-1-5-15(21)11-18-22(30)28-24(32)29(23(18)31)17-8-9-19(26)20(27)12-17/h1-12H,13H2,(H,28,30,32)/b18-11+. The first-order chi connectivity index (χ1) is 15.8. The van der Waals surface area contributed by atoms with Crippen LogP contribution in [0.3, 0.4) is 0 Å². The summed E-state index contributed by atoms with van der Waals surface area (Å²) in [5.74, 6) is -1.17. The van der Waals surface area contributed by atoms with Crippen LogP contribution in [-0.2, 0) is 16.2 Å². The normalized spacial score (nSPS) is 15.1. The van der Waals surface area contributed by atoms with Gasteiger partial charge in [0.2, 0.25) is 0 Å². The average molecular weight is 502 g/mol. The number of benzene rings is 3. The first-order valence-corrected chi connectivity index (χ1v) is 10.8. The van der Waals surface area contributed by atoms with Crippen LogP contribution in [0.25, 0.3) is 6.08 Å². The number of nitrogens with zero attached hydrogens (tertiary/aromatic N) is 1. The summed E-state index contributed by atoms with van der Waals surface area (Å²) in [7, 11) is 0. The molecule has 1 aliphatic rings. The maximum Gasteiger partial charge on any atom is 0.335 e. The second-order valence-corrected chi connectivity index (χ2v) is 8.26. The van der Waals surface area contributed by atoms with E-state index < -0.39 is 17.8 Å². The number of urea groups is 1. The molecule has 4 rings (SSSR count). The first-order valence-electron chi connectivity index (χ1n) is 9.66. The second-order valence-electron chi connectivity index (χ2n) is 7.01. The van der Waals surface area contributed by atoms with Crippen molar-refractivity contribution in [2.45, 2.75) is 6.61 Å². The van der Waals surface area contributed by atoms with E-state index in [0.29, 0.717) is 16.3 Å². The van der Waals surface area contributed by atoms with Crippen molar-refractivity contribution in [3.05, 3.63) is 98.5 Å². The minimum Gasteiger partial charge on any atom is -0.488 e. The van der Waals surface area contributed by atoms with Crippen molar-refractivity contribution in [1.82, 2.24) is 5.32 Å². The zero-order valence-electron chi connectivity index (χ0n) is 16.8. The van der Waals surface area contributed by atoms with E-state index in [1.807, 2.05) is 12.1 Å². The Morgan fingerprint density at radius 3 is 2.42 bits per heavy atom. The van der Waals surface area contributed by atoms with Gasteiger partial charge >= 0.3 is 6.03 Å². The molecule has 0 unspecified atom stereocenters. The fraction of sp³-hybridized carbons (Fsp3) is 0.0417. The number of halogens is 3. The lowest BCUT2D eigenvalue weighted by Gasteiger charge is -2.26. The zero-order valence-corrected chi connectivity index (χ0v) is 19.1. The Morgan fingerprint density at radius 1 is 0.879 bits per heavy atom. The van der Waals surface area contributed by atoms with Gasteiger partial charge in [-0.05, 0) is 48.0 Å². The summed E-state index contributed by atoms with van der Waals surface area (Å²) < 4.78 is 5.89. The molecule has 1 heterocycles. The SMILES string of the molecule is O=C1NC(=O)N(c2ccc(Cl)c(Cl)c2)C(=O)/C1=C/c1ccccc1OCc1cccc(Cl)c1. The van der Waals surface area contributed by atoms with Crippen molar-refractivity contribution in [3.63, 3.8) is 0 Å². The summed E-state index contributed by atoms with van der Waals surface area (Å²) in [5, 5.41) is 3.19. The summed E-state index contributed by atoms with van der Waals surface area (Å²) in [4.78, 5) is 38.8. The molecular weight excluding hydrogens is 487 g/mol. The molecule has 0 atom stereocenters. The molecule has 0 bridgehead atoms. The zero-order chi connectivity index (χ0) is 23.5. The number of barbiturate groups is 1. The highest BCUT2D eigenvalue weighted by atomic mass is 35.5. The van der Waals surface area contributed by atoms with Crippen molar-refractivity contribution < 1.29 is 19.1 Å². The summed E-state index contributed by atoms with van der Waals surface area (Å²) >= 11 is 18.0. The number of rotatable bonds is 5. The van der Waals surface area contributed by atoms with Crippen molar-refractivity contribution in [2.75, 3.05) is 4.90 Å². The van der Waals surface area contributed by atoms with Gasteiger partial charge in [0.05, 0.1) is 15.7 Å². The monoisotopic (exact) mass is 500 g/mol. The van der Waals surface area contributed by atoms with E-state index in [1.165, 1.54) is 24.3 Å². The Kier molecular flexibility index (Phi) is 6.70. The third kappa shape index (κ3) is 5.03. The maximum atomic E-state index is 13.1. The molecule has 0 aromatic heterocycles. The fourth-order valence-electron chi connectivity index (χ4n) is 3.19. The molecule has 0 aliphatic carbocycles. The molecule has 1 N–H and O–H groups in total. The molecule has 1 aliphatic heterocycles. The van der Waals surface area contributed by atoms with Gasteiger partial charge in [-0.25, -0.2) is 9.69 Å².